The first kappa shape index (κ1) is 6.28. The van der Waals surface area contributed by atoms with Crippen molar-refractivity contribution in [3.8, 4) is 0 Å². The number of amidine groups is 1. The molecule has 0 fully saturated rings. The van der Waals surface area contributed by atoms with Crippen LogP contribution >= 0.6 is 11.8 Å². The van der Waals surface area contributed by atoms with Crippen LogP contribution in [0.4, 0.5) is 0 Å². The summed E-state index contributed by atoms with van der Waals surface area (Å²) >= 11 is 1.74. The predicted molar refractivity (Wildman–Crippen MR) is 45.0 cm³/mol. The van der Waals surface area contributed by atoms with Crippen LogP contribution in [-0.2, 0) is 0 Å². The van der Waals surface area contributed by atoms with Gasteiger partial charge in [0.05, 0.1) is 0 Å². The first-order valence-electron chi connectivity index (χ1n) is 3.61. The SMILES string of the molecule is C1=CN2CCCCN=C2S1. The van der Waals surface area contributed by atoms with Crippen LogP contribution in [0.3, 0.4) is 0 Å². The molecule has 3 heteroatoms. The highest BCUT2D eigenvalue weighted by atomic mass is 32.2. The smallest absolute Gasteiger partial charge is 0.167 e. The van der Waals surface area contributed by atoms with Crippen molar-refractivity contribution >= 4 is 16.9 Å². The molecule has 0 spiro atoms. The maximum atomic E-state index is 4.43. The highest BCUT2D eigenvalue weighted by molar-refractivity contribution is 8.16. The second-order valence-corrected chi connectivity index (χ2v) is 3.34. The molecule has 0 aliphatic carbocycles. The van der Waals surface area contributed by atoms with Crippen molar-refractivity contribution in [2.75, 3.05) is 13.1 Å². The lowest BCUT2D eigenvalue weighted by Gasteiger charge is -2.11. The third-order valence-corrected chi connectivity index (χ3v) is 2.55. The van der Waals surface area contributed by atoms with Gasteiger partial charge >= 0.3 is 0 Å². The van der Waals surface area contributed by atoms with Gasteiger partial charge in [-0.15, -0.1) is 0 Å². The zero-order chi connectivity index (χ0) is 6.81. The Kier molecular flexibility index (Phi) is 1.67. The molecule has 0 bridgehead atoms. The number of nitrogens with zero attached hydrogens (tertiary/aromatic N) is 2. The molecule has 0 N–H and O–H groups in total. The minimum absolute atomic E-state index is 1.01. The van der Waals surface area contributed by atoms with Gasteiger partial charge in [-0.2, -0.15) is 0 Å². The van der Waals surface area contributed by atoms with E-state index >= 15 is 0 Å². The Hall–Kier alpha value is -0.440. The Morgan fingerprint density at radius 2 is 2.50 bits per heavy atom. The topological polar surface area (TPSA) is 15.6 Å². The van der Waals surface area contributed by atoms with Crippen molar-refractivity contribution in [2.45, 2.75) is 12.8 Å². The van der Waals surface area contributed by atoms with E-state index in [-0.39, 0.29) is 0 Å². The van der Waals surface area contributed by atoms with Crippen LogP contribution in [0.25, 0.3) is 0 Å². The molecule has 54 valence electrons. The van der Waals surface area contributed by atoms with Crippen molar-refractivity contribution in [1.82, 2.24) is 4.90 Å². The highest BCUT2D eigenvalue weighted by Gasteiger charge is 2.14. The summed E-state index contributed by atoms with van der Waals surface area (Å²) in [4.78, 5) is 6.66. The van der Waals surface area contributed by atoms with Crippen LogP contribution in [0.2, 0.25) is 0 Å². The van der Waals surface area contributed by atoms with E-state index in [9.17, 15) is 0 Å². The molecule has 0 unspecified atom stereocenters. The van der Waals surface area contributed by atoms with Crippen molar-refractivity contribution in [3.05, 3.63) is 11.6 Å². The summed E-state index contributed by atoms with van der Waals surface area (Å²) in [6.07, 6.45) is 4.64. The summed E-state index contributed by atoms with van der Waals surface area (Å²) in [7, 11) is 0. The Balaban J connectivity index is 2.15. The standard InChI is InChI=1S/C7H10N2S/c1-2-4-9-5-6-10-7(9)8-3-1/h5-6H,1-4H2. The largest absolute Gasteiger partial charge is 0.327 e. The van der Waals surface area contributed by atoms with E-state index in [4.69, 9.17) is 0 Å². The molecular weight excluding hydrogens is 144 g/mol. The Bertz CT molecular complexity index is 186. The first-order valence-corrected chi connectivity index (χ1v) is 4.49. The number of hydrogen-bond donors (Lipinski definition) is 0. The normalized spacial score (nSPS) is 24.0. The number of fused-ring (bicyclic) bond motifs is 1. The van der Waals surface area contributed by atoms with Crippen LogP contribution in [0, 0.1) is 0 Å². The van der Waals surface area contributed by atoms with Gasteiger partial charge in [0.15, 0.2) is 5.17 Å². The van der Waals surface area contributed by atoms with E-state index in [1.807, 2.05) is 0 Å². The van der Waals surface area contributed by atoms with Gasteiger partial charge in [-0.05, 0) is 18.2 Å². The molecule has 0 amide bonds. The Morgan fingerprint density at radius 1 is 1.50 bits per heavy atom. The molecule has 2 rings (SSSR count). The van der Waals surface area contributed by atoms with Crippen molar-refractivity contribution < 1.29 is 0 Å². The average molecular weight is 154 g/mol. The quantitative estimate of drug-likeness (QED) is 0.527. The summed E-state index contributed by atoms with van der Waals surface area (Å²) < 4.78 is 0. The maximum Gasteiger partial charge on any atom is 0.167 e. The second-order valence-electron chi connectivity index (χ2n) is 2.47. The highest BCUT2D eigenvalue weighted by Crippen LogP contribution is 2.21. The van der Waals surface area contributed by atoms with E-state index in [2.05, 4.69) is 21.5 Å². The summed E-state index contributed by atoms with van der Waals surface area (Å²) in [5, 5.41) is 3.29. The molecule has 0 saturated carbocycles. The van der Waals surface area contributed by atoms with Gasteiger partial charge in [0.2, 0.25) is 0 Å². The third kappa shape index (κ3) is 1.06. The lowest BCUT2D eigenvalue weighted by atomic mass is 10.3. The summed E-state index contributed by atoms with van der Waals surface area (Å²) in [5.74, 6) is 0. The van der Waals surface area contributed by atoms with Crippen LogP contribution < -0.4 is 0 Å². The number of thioether (sulfide) groups is 1. The molecule has 0 aromatic carbocycles. The fourth-order valence-corrected chi connectivity index (χ4v) is 1.95. The van der Waals surface area contributed by atoms with Gasteiger partial charge in [0.1, 0.15) is 0 Å². The lowest BCUT2D eigenvalue weighted by molar-refractivity contribution is 0.552. The van der Waals surface area contributed by atoms with Crippen LogP contribution in [-0.4, -0.2) is 23.2 Å². The molecule has 2 heterocycles. The first-order chi connectivity index (χ1) is 4.97. The van der Waals surface area contributed by atoms with E-state index < -0.39 is 0 Å². The van der Waals surface area contributed by atoms with Crippen molar-refractivity contribution in [3.63, 3.8) is 0 Å². The molecule has 0 saturated heterocycles. The molecule has 0 atom stereocenters. The minimum atomic E-state index is 1.01. The molecular formula is C7H10N2S. The van der Waals surface area contributed by atoms with Gasteiger partial charge in [-0.25, -0.2) is 0 Å². The fraction of sp³-hybridized carbons (Fsp3) is 0.571. The van der Waals surface area contributed by atoms with Crippen molar-refractivity contribution in [2.24, 2.45) is 4.99 Å². The van der Waals surface area contributed by atoms with E-state index in [1.54, 1.807) is 11.8 Å². The molecule has 2 nitrogen and oxygen atoms in total. The molecule has 0 aromatic heterocycles. The second kappa shape index (κ2) is 2.66. The van der Waals surface area contributed by atoms with Gasteiger partial charge in [0.25, 0.3) is 0 Å². The summed E-state index contributed by atoms with van der Waals surface area (Å²) in [6.45, 7) is 2.17. The monoisotopic (exact) mass is 154 g/mol. The van der Waals surface area contributed by atoms with Crippen molar-refractivity contribution in [1.29, 1.82) is 0 Å². The predicted octanol–water partition coefficient (Wildman–Crippen LogP) is 1.66. The Labute approximate surface area is 65.0 Å². The van der Waals surface area contributed by atoms with E-state index in [0.29, 0.717) is 0 Å². The van der Waals surface area contributed by atoms with Crippen LogP contribution in [0.15, 0.2) is 16.6 Å². The molecule has 2 aliphatic heterocycles. The van der Waals surface area contributed by atoms with E-state index in [1.165, 1.54) is 18.0 Å². The van der Waals surface area contributed by atoms with Crippen LogP contribution in [0.5, 0.6) is 0 Å². The third-order valence-electron chi connectivity index (χ3n) is 1.71. The number of rotatable bonds is 0. The van der Waals surface area contributed by atoms with Gasteiger partial charge in [0, 0.05) is 19.3 Å². The zero-order valence-electron chi connectivity index (χ0n) is 5.79. The molecule has 0 aromatic rings. The average Bonchev–Trinajstić information content (AvgIpc) is 2.28. The number of aliphatic imine (C=N–C) groups is 1. The molecule has 0 radical (unpaired) electrons. The fourth-order valence-electron chi connectivity index (χ4n) is 1.16. The van der Waals surface area contributed by atoms with Gasteiger partial charge in [-0.1, -0.05) is 11.8 Å². The molecule has 10 heavy (non-hydrogen) atoms. The van der Waals surface area contributed by atoms with Crippen LogP contribution in [0.1, 0.15) is 12.8 Å². The maximum absolute atomic E-state index is 4.43. The Morgan fingerprint density at radius 3 is 3.50 bits per heavy atom. The van der Waals surface area contributed by atoms with Gasteiger partial charge < -0.3 is 4.90 Å². The zero-order valence-corrected chi connectivity index (χ0v) is 6.60. The van der Waals surface area contributed by atoms with E-state index in [0.717, 1.165) is 13.1 Å². The minimum Gasteiger partial charge on any atom is -0.327 e. The number of hydrogen-bond acceptors (Lipinski definition) is 3. The summed E-state index contributed by atoms with van der Waals surface area (Å²) in [6, 6.07) is 0. The van der Waals surface area contributed by atoms with Gasteiger partial charge in [-0.3, -0.25) is 4.99 Å². The lowest BCUT2D eigenvalue weighted by Crippen LogP contribution is -2.18. The molecule has 2 aliphatic rings. The summed E-state index contributed by atoms with van der Waals surface area (Å²) in [5.41, 5.74) is 0.